The molecule has 0 spiro atoms. The van der Waals surface area contributed by atoms with Crippen LogP contribution in [0, 0.1) is 22.7 Å². The summed E-state index contributed by atoms with van der Waals surface area (Å²) in [4.78, 5) is 32.4. The van der Waals surface area contributed by atoms with E-state index in [0.29, 0.717) is 29.2 Å². The summed E-state index contributed by atoms with van der Waals surface area (Å²) < 4.78 is 40.1. The van der Waals surface area contributed by atoms with E-state index in [0.717, 1.165) is 18.7 Å². The zero-order valence-corrected chi connectivity index (χ0v) is 18.7. The van der Waals surface area contributed by atoms with Gasteiger partial charge >= 0.3 is 6.18 Å². The maximum Gasteiger partial charge on any atom is 0.433 e. The van der Waals surface area contributed by atoms with E-state index >= 15 is 0 Å². The molecule has 0 bridgehead atoms. The summed E-state index contributed by atoms with van der Waals surface area (Å²) in [6.45, 7) is 1.66. The molecular weight excluding hydrogens is 475 g/mol. The highest BCUT2D eigenvalue weighted by Crippen LogP contribution is 2.46. The third-order valence-corrected chi connectivity index (χ3v) is 6.37. The van der Waals surface area contributed by atoms with Gasteiger partial charge in [-0.1, -0.05) is 6.07 Å². The lowest BCUT2D eigenvalue weighted by Gasteiger charge is -2.34. The van der Waals surface area contributed by atoms with Crippen LogP contribution in [0.25, 0.3) is 11.0 Å². The summed E-state index contributed by atoms with van der Waals surface area (Å²) in [6, 6.07) is 5.33. The fraction of sp³-hybridized carbons (Fsp3) is 0.304. The smallest absolute Gasteiger partial charge is 0.310 e. The molecule has 0 amide bonds. The number of nitrogens with zero attached hydrogens (tertiary/aromatic N) is 8. The Hall–Kier alpha value is -4.65. The molecule has 0 radical (unpaired) electrons. The first-order valence-corrected chi connectivity index (χ1v) is 10.9. The molecule has 36 heavy (non-hydrogen) atoms. The quantitative estimate of drug-likeness (QED) is 0.457. The molecule has 1 fully saturated rings. The van der Waals surface area contributed by atoms with Crippen LogP contribution < -0.4 is 5.56 Å². The largest absolute Gasteiger partial charge is 0.433 e. The summed E-state index contributed by atoms with van der Waals surface area (Å²) >= 11 is 0. The van der Waals surface area contributed by atoms with Gasteiger partial charge in [0.1, 0.15) is 34.9 Å². The van der Waals surface area contributed by atoms with Gasteiger partial charge in [-0.3, -0.25) is 9.78 Å². The third-order valence-electron chi connectivity index (χ3n) is 6.37. The van der Waals surface area contributed by atoms with Crippen LogP contribution in [-0.4, -0.2) is 34.7 Å². The molecule has 13 heteroatoms. The van der Waals surface area contributed by atoms with Crippen molar-refractivity contribution < 1.29 is 13.2 Å². The lowest BCUT2D eigenvalue weighted by molar-refractivity contribution is -0.141. The zero-order valence-electron chi connectivity index (χ0n) is 18.7. The van der Waals surface area contributed by atoms with Crippen LogP contribution in [0.5, 0.6) is 0 Å². The molecule has 180 valence electrons. The molecule has 1 N–H and O–H groups in total. The third kappa shape index (κ3) is 3.84. The van der Waals surface area contributed by atoms with E-state index in [2.05, 4.69) is 30.0 Å². The Bertz CT molecular complexity index is 1590. The molecule has 5 rings (SSSR count). The Morgan fingerprint density at radius 3 is 2.36 bits per heavy atom. The van der Waals surface area contributed by atoms with E-state index < -0.39 is 23.5 Å². The van der Waals surface area contributed by atoms with Crippen LogP contribution in [0.3, 0.4) is 0 Å². The Morgan fingerprint density at radius 1 is 1.08 bits per heavy atom. The number of alkyl halides is 3. The summed E-state index contributed by atoms with van der Waals surface area (Å²) in [5, 5.41) is 22.7. The number of aromatic amines is 1. The minimum atomic E-state index is -4.57. The van der Waals surface area contributed by atoms with E-state index in [4.69, 9.17) is 5.26 Å². The first kappa shape index (κ1) is 23.1. The van der Waals surface area contributed by atoms with E-state index in [1.54, 1.807) is 6.92 Å². The first-order chi connectivity index (χ1) is 17.2. The van der Waals surface area contributed by atoms with Crippen LogP contribution in [0.15, 0.2) is 35.5 Å². The SMILES string of the molecule is C[C@@H](c1ccc(C(F)(F)F)nc1)n1nc(C#N)c2c(=O)[nH]c(C3CCC3c3ncc(C#N)cn3)nc21. The summed E-state index contributed by atoms with van der Waals surface area (Å²) in [7, 11) is 0. The van der Waals surface area contributed by atoms with Crippen LogP contribution in [0.2, 0.25) is 0 Å². The average Bonchev–Trinajstić information content (AvgIpc) is 3.22. The van der Waals surface area contributed by atoms with E-state index in [9.17, 15) is 23.2 Å². The second-order valence-electron chi connectivity index (χ2n) is 8.44. The lowest BCUT2D eigenvalue weighted by Crippen LogP contribution is -2.28. The van der Waals surface area contributed by atoms with Crippen molar-refractivity contribution in [3.05, 3.63) is 75.2 Å². The fourth-order valence-corrected chi connectivity index (χ4v) is 4.27. The van der Waals surface area contributed by atoms with Crippen LogP contribution in [0.4, 0.5) is 13.2 Å². The minimum absolute atomic E-state index is 0.00142. The zero-order chi connectivity index (χ0) is 25.6. The highest BCUT2D eigenvalue weighted by molar-refractivity contribution is 5.80. The molecule has 4 aromatic rings. The summed E-state index contributed by atoms with van der Waals surface area (Å²) in [5.41, 5.74) is -0.835. The van der Waals surface area contributed by atoms with Crippen molar-refractivity contribution in [2.75, 3.05) is 0 Å². The maximum atomic E-state index is 13.0. The Balaban J connectivity index is 1.55. The number of pyridine rings is 1. The van der Waals surface area contributed by atoms with Gasteiger partial charge in [0.25, 0.3) is 5.56 Å². The summed E-state index contributed by atoms with van der Waals surface area (Å²) in [5.74, 6) is 0.581. The molecule has 2 unspecified atom stereocenters. The molecule has 0 saturated heterocycles. The van der Waals surface area contributed by atoms with Crippen molar-refractivity contribution in [3.63, 3.8) is 0 Å². The molecule has 3 atom stereocenters. The van der Waals surface area contributed by atoms with Gasteiger partial charge in [0, 0.05) is 30.4 Å². The highest BCUT2D eigenvalue weighted by Gasteiger charge is 2.38. The number of rotatable bonds is 4. The monoisotopic (exact) mass is 491 g/mol. The van der Waals surface area contributed by atoms with Gasteiger partial charge < -0.3 is 4.98 Å². The molecule has 10 nitrogen and oxygen atoms in total. The molecule has 4 aromatic heterocycles. The van der Waals surface area contributed by atoms with Crippen molar-refractivity contribution in [3.8, 4) is 12.1 Å². The average molecular weight is 491 g/mol. The lowest BCUT2D eigenvalue weighted by atomic mass is 9.72. The van der Waals surface area contributed by atoms with E-state index in [1.165, 1.54) is 23.1 Å². The molecule has 0 aliphatic heterocycles. The minimum Gasteiger partial charge on any atom is -0.310 e. The summed E-state index contributed by atoms with van der Waals surface area (Å²) in [6.07, 6.45) is 0.853. The van der Waals surface area contributed by atoms with Crippen molar-refractivity contribution >= 4 is 11.0 Å². The van der Waals surface area contributed by atoms with Crippen molar-refractivity contribution in [2.45, 2.75) is 43.8 Å². The maximum absolute atomic E-state index is 13.0. The fourth-order valence-electron chi connectivity index (χ4n) is 4.27. The first-order valence-electron chi connectivity index (χ1n) is 10.9. The molecule has 4 heterocycles. The number of hydrogen-bond donors (Lipinski definition) is 1. The number of nitrogens with one attached hydrogen (secondary N) is 1. The Kier molecular flexibility index (Phi) is 5.48. The van der Waals surface area contributed by atoms with E-state index in [1.807, 2.05) is 12.1 Å². The number of nitriles is 2. The predicted octanol–water partition coefficient (Wildman–Crippen LogP) is 3.34. The predicted molar refractivity (Wildman–Crippen MR) is 117 cm³/mol. The molecule has 0 aromatic carbocycles. The highest BCUT2D eigenvalue weighted by atomic mass is 19.4. The number of H-pyrrole nitrogens is 1. The van der Waals surface area contributed by atoms with Gasteiger partial charge in [0.2, 0.25) is 0 Å². The number of fused-ring (bicyclic) bond motifs is 1. The number of aromatic nitrogens is 7. The van der Waals surface area contributed by atoms with Crippen molar-refractivity contribution in [1.29, 1.82) is 10.5 Å². The second-order valence-corrected chi connectivity index (χ2v) is 8.44. The molecule has 1 aliphatic carbocycles. The van der Waals surface area contributed by atoms with Crippen molar-refractivity contribution in [2.24, 2.45) is 0 Å². The van der Waals surface area contributed by atoms with Crippen molar-refractivity contribution in [1.82, 2.24) is 34.7 Å². The normalized spacial score (nSPS) is 18.3. The van der Waals surface area contributed by atoms with E-state index in [-0.39, 0.29) is 28.6 Å². The van der Waals surface area contributed by atoms with Crippen LogP contribution in [-0.2, 0) is 6.18 Å². The van der Waals surface area contributed by atoms with Gasteiger partial charge in [-0.2, -0.15) is 28.8 Å². The Morgan fingerprint density at radius 2 is 1.81 bits per heavy atom. The van der Waals surface area contributed by atoms with Gasteiger partial charge in [-0.15, -0.1) is 0 Å². The van der Waals surface area contributed by atoms with Gasteiger partial charge in [0.05, 0.1) is 11.6 Å². The van der Waals surface area contributed by atoms with Gasteiger partial charge in [-0.25, -0.2) is 19.6 Å². The second kappa shape index (κ2) is 8.53. The molecule has 1 aliphatic rings. The number of halogens is 3. The Labute approximate surface area is 201 Å². The number of hydrogen-bond acceptors (Lipinski definition) is 8. The van der Waals surface area contributed by atoms with Crippen LogP contribution in [0.1, 0.15) is 71.8 Å². The standard InChI is InChI=1S/C23H16F3N9O/c1-11(13-2-5-17(29-10-13)23(24,25)26)35-21-18(16(7-28)34-35)22(36)33-20(32-21)15-4-3-14(15)19-30-8-12(6-27)9-31-19/h2,5,8-11,14-15H,3-4H2,1H3,(H,32,33,36)/t11-,14?,15?/m0/s1. The molecular formula is C23H16F3N9O. The van der Waals surface area contributed by atoms with Crippen LogP contribution >= 0.6 is 0 Å². The molecule has 1 saturated carbocycles. The topological polar surface area (TPSA) is 150 Å². The van der Waals surface area contributed by atoms with Gasteiger partial charge in [-0.05, 0) is 31.4 Å². The van der Waals surface area contributed by atoms with Gasteiger partial charge in [0.15, 0.2) is 11.3 Å².